The van der Waals surface area contributed by atoms with Crippen molar-refractivity contribution in [2.24, 2.45) is 5.92 Å². The standard InChI is InChI=1S/C16H28N4/c1-12(2)19-9-7-14(8-10-19)11-16-18-17-15-6-4-5-13(3)20(15)16/h12-14H,4-11H2,1-3H3. The molecule has 0 saturated carbocycles. The lowest BCUT2D eigenvalue weighted by Gasteiger charge is -2.34. The first-order valence-corrected chi connectivity index (χ1v) is 8.32. The van der Waals surface area contributed by atoms with E-state index in [-0.39, 0.29) is 0 Å². The molecule has 20 heavy (non-hydrogen) atoms. The topological polar surface area (TPSA) is 34.0 Å². The summed E-state index contributed by atoms with van der Waals surface area (Å²) >= 11 is 0. The molecule has 0 aromatic carbocycles. The van der Waals surface area contributed by atoms with E-state index in [9.17, 15) is 0 Å². The second-order valence-corrected chi connectivity index (χ2v) is 6.92. The summed E-state index contributed by atoms with van der Waals surface area (Å²) in [6, 6.07) is 1.29. The van der Waals surface area contributed by atoms with Crippen LogP contribution in [0.4, 0.5) is 0 Å². The molecule has 0 spiro atoms. The van der Waals surface area contributed by atoms with Crippen LogP contribution in [0.3, 0.4) is 0 Å². The number of aryl methyl sites for hydroxylation is 1. The highest BCUT2D eigenvalue weighted by atomic mass is 15.3. The van der Waals surface area contributed by atoms with Crippen molar-refractivity contribution < 1.29 is 0 Å². The minimum Gasteiger partial charge on any atom is -0.312 e. The van der Waals surface area contributed by atoms with Gasteiger partial charge in [0.2, 0.25) is 0 Å². The van der Waals surface area contributed by atoms with Crippen molar-refractivity contribution in [3.05, 3.63) is 11.6 Å². The average Bonchev–Trinajstić information content (AvgIpc) is 2.84. The van der Waals surface area contributed by atoms with Crippen LogP contribution in [-0.4, -0.2) is 38.8 Å². The zero-order valence-electron chi connectivity index (χ0n) is 13.2. The van der Waals surface area contributed by atoms with Gasteiger partial charge in [0.15, 0.2) is 0 Å². The van der Waals surface area contributed by atoms with E-state index in [1.807, 2.05) is 0 Å². The molecule has 2 aliphatic rings. The first-order valence-electron chi connectivity index (χ1n) is 8.32. The minimum atomic E-state index is 0.597. The maximum atomic E-state index is 4.50. The Hall–Kier alpha value is -0.900. The molecular weight excluding hydrogens is 248 g/mol. The average molecular weight is 276 g/mol. The molecule has 1 aromatic heterocycles. The molecule has 1 saturated heterocycles. The van der Waals surface area contributed by atoms with Gasteiger partial charge in [0.1, 0.15) is 11.6 Å². The zero-order valence-corrected chi connectivity index (χ0v) is 13.2. The fourth-order valence-corrected chi connectivity index (χ4v) is 3.80. The Balaban J connectivity index is 1.63. The van der Waals surface area contributed by atoms with Crippen LogP contribution in [0.15, 0.2) is 0 Å². The molecule has 0 bridgehead atoms. The highest BCUT2D eigenvalue weighted by Crippen LogP contribution is 2.28. The monoisotopic (exact) mass is 276 g/mol. The van der Waals surface area contributed by atoms with E-state index in [1.165, 1.54) is 50.4 Å². The summed E-state index contributed by atoms with van der Waals surface area (Å²) in [5.74, 6) is 3.26. The maximum absolute atomic E-state index is 4.50. The highest BCUT2D eigenvalue weighted by molar-refractivity contribution is 5.03. The summed E-state index contributed by atoms with van der Waals surface area (Å²) in [5, 5.41) is 8.91. The van der Waals surface area contributed by atoms with Crippen LogP contribution in [-0.2, 0) is 12.8 Å². The quantitative estimate of drug-likeness (QED) is 0.851. The van der Waals surface area contributed by atoms with Gasteiger partial charge in [-0.2, -0.15) is 0 Å². The Kier molecular flexibility index (Phi) is 4.11. The molecular formula is C16H28N4. The molecule has 3 heterocycles. The predicted octanol–water partition coefficient (Wildman–Crippen LogP) is 2.84. The molecule has 0 radical (unpaired) electrons. The first-order chi connectivity index (χ1) is 9.65. The largest absolute Gasteiger partial charge is 0.312 e. The normalized spacial score (nSPS) is 25.1. The SMILES string of the molecule is CC(C)N1CCC(Cc2nnc3n2C(C)CCC3)CC1. The molecule has 112 valence electrons. The van der Waals surface area contributed by atoms with Gasteiger partial charge in [-0.15, -0.1) is 10.2 Å². The van der Waals surface area contributed by atoms with E-state index in [0.29, 0.717) is 12.1 Å². The molecule has 1 fully saturated rings. The number of likely N-dealkylation sites (tertiary alicyclic amines) is 1. The lowest BCUT2D eigenvalue weighted by Crippen LogP contribution is -2.39. The third-order valence-electron chi connectivity index (χ3n) is 5.15. The van der Waals surface area contributed by atoms with Crippen molar-refractivity contribution in [3.8, 4) is 0 Å². The van der Waals surface area contributed by atoms with Gasteiger partial charge < -0.3 is 9.47 Å². The fourth-order valence-electron chi connectivity index (χ4n) is 3.80. The molecule has 0 N–H and O–H groups in total. The van der Waals surface area contributed by atoms with Gasteiger partial charge >= 0.3 is 0 Å². The van der Waals surface area contributed by atoms with Crippen molar-refractivity contribution in [2.75, 3.05) is 13.1 Å². The van der Waals surface area contributed by atoms with E-state index < -0.39 is 0 Å². The van der Waals surface area contributed by atoms with Gasteiger partial charge in [0.25, 0.3) is 0 Å². The third kappa shape index (κ3) is 2.76. The fraction of sp³-hybridized carbons (Fsp3) is 0.875. The molecule has 1 atom stereocenters. The molecule has 0 aliphatic carbocycles. The predicted molar refractivity (Wildman–Crippen MR) is 80.8 cm³/mol. The number of fused-ring (bicyclic) bond motifs is 1. The van der Waals surface area contributed by atoms with Crippen LogP contribution < -0.4 is 0 Å². The van der Waals surface area contributed by atoms with Crippen molar-refractivity contribution in [1.29, 1.82) is 0 Å². The molecule has 2 aliphatic heterocycles. The van der Waals surface area contributed by atoms with Crippen LogP contribution >= 0.6 is 0 Å². The lowest BCUT2D eigenvalue weighted by molar-refractivity contribution is 0.147. The summed E-state index contributed by atoms with van der Waals surface area (Å²) in [4.78, 5) is 2.60. The maximum Gasteiger partial charge on any atom is 0.133 e. The van der Waals surface area contributed by atoms with E-state index in [0.717, 1.165) is 18.8 Å². The molecule has 1 unspecified atom stereocenters. The Morgan fingerprint density at radius 1 is 1.15 bits per heavy atom. The highest BCUT2D eigenvalue weighted by Gasteiger charge is 2.26. The van der Waals surface area contributed by atoms with Gasteiger partial charge in [-0.05, 0) is 65.5 Å². The molecule has 0 amide bonds. The zero-order chi connectivity index (χ0) is 14.1. The number of hydrogen-bond acceptors (Lipinski definition) is 3. The van der Waals surface area contributed by atoms with Crippen LogP contribution in [0.5, 0.6) is 0 Å². The van der Waals surface area contributed by atoms with Gasteiger partial charge in [-0.25, -0.2) is 0 Å². The lowest BCUT2D eigenvalue weighted by atomic mass is 9.92. The van der Waals surface area contributed by atoms with E-state index in [2.05, 4.69) is 40.4 Å². The number of rotatable bonds is 3. The van der Waals surface area contributed by atoms with Crippen LogP contribution in [0.2, 0.25) is 0 Å². The van der Waals surface area contributed by atoms with E-state index in [4.69, 9.17) is 0 Å². The molecule has 4 nitrogen and oxygen atoms in total. The van der Waals surface area contributed by atoms with Crippen molar-refractivity contribution in [3.63, 3.8) is 0 Å². The van der Waals surface area contributed by atoms with E-state index >= 15 is 0 Å². The van der Waals surface area contributed by atoms with Crippen LogP contribution in [0.25, 0.3) is 0 Å². The summed E-state index contributed by atoms with van der Waals surface area (Å²) in [6.07, 6.45) is 7.42. The van der Waals surface area contributed by atoms with Gasteiger partial charge in [-0.3, -0.25) is 0 Å². The summed E-state index contributed by atoms with van der Waals surface area (Å²) in [6.45, 7) is 9.42. The second kappa shape index (κ2) is 5.84. The summed E-state index contributed by atoms with van der Waals surface area (Å²) in [5.41, 5.74) is 0. The summed E-state index contributed by atoms with van der Waals surface area (Å²) in [7, 11) is 0. The van der Waals surface area contributed by atoms with E-state index in [1.54, 1.807) is 0 Å². The smallest absolute Gasteiger partial charge is 0.133 e. The van der Waals surface area contributed by atoms with Crippen molar-refractivity contribution in [2.45, 2.75) is 71.4 Å². The van der Waals surface area contributed by atoms with Crippen LogP contribution in [0.1, 0.15) is 64.1 Å². The van der Waals surface area contributed by atoms with Crippen molar-refractivity contribution >= 4 is 0 Å². The summed E-state index contributed by atoms with van der Waals surface area (Å²) < 4.78 is 2.43. The Bertz CT molecular complexity index is 443. The van der Waals surface area contributed by atoms with Crippen LogP contribution in [0, 0.1) is 5.92 Å². The van der Waals surface area contributed by atoms with Crippen molar-refractivity contribution in [1.82, 2.24) is 19.7 Å². The van der Waals surface area contributed by atoms with Gasteiger partial charge in [0.05, 0.1) is 0 Å². The molecule has 1 aromatic rings. The third-order valence-corrected chi connectivity index (χ3v) is 5.15. The second-order valence-electron chi connectivity index (χ2n) is 6.92. The number of piperidine rings is 1. The molecule has 3 rings (SSSR count). The Morgan fingerprint density at radius 2 is 1.90 bits per heavy atom. The first kappa shape index (κ1) is 14.1. The van der Waals surface area contributed by atoms with Gasteiger partial charge in [0, 0.05) is 24.9 Å². The molecule has 4 heteroatoms. The Labute approximate surface area is 122 Å². The Morgan fingerprint density at radius 3 is 2.60 bits per heavy atom. The number of hydrogen-bond donors (Lipinski definition) is 0. The minimum absolute atomic E-state index is 0.597. The number of aromatic nitrogens is 3. The van der Waals surface area contributed by atoms with Gasteiger partial charge in [-0.1, -0.05) is 0 Å². The number of nitrogens with zero attached hydrogens (tertiary/aromatic N) is 4.